The Balaban J connectivity index is 1.59. The number of hydrogen-bond donors (Lipinski definition) is 1. The third-order valence-electron chi connectivity index (χ3n) is 6.27. The van der Waals surface area contributed by atoms with E-state index in [9.17, 15) is 14.0 Å². The number of methoxy groups -OCH3 is 1. The summed E-state index contributed by atoms with van der Waals surface area (Å²) in [7, 11) is 1.60. The molecule has 0 spiro atoms. The lowest BCUT2D eigenvalue weighted by Crippen LogP contribution is -2.51. The van der Waals surface area contributed by atoms with E-state index in [0.717, 1.165) is 16.9 Å². The van der Waals surface area contributed by atoms with E-state index in [1.807, 2.05) is 72.8 Å². The van der Waals surface area contributed by atoms with E-state index in [0.29, 0.717) is 17.7 Å². The van der Waals surface area contributed by atoms with Crippen molar-refractivity contribution in [2.45, 2.75) is 25.6 Å². The minimum Gasteiger partial charge on any atom is -0.497 e. The molecule has 39 heavy (non-hydrogen) atoms. The molecule has 4 aromatic rings. The number of ether oxygens (including phenoxy) is 2. The standard InChI is InChI=1S/C32H31FN2O4/c1-38-28-18-14-25(15-19-28)21-34-32(37)30(20-24-8-4-2-5-9-24)35(22-26-12-16-27(33)17-13-26)31(36)23-39-29-10-6-3-7-11-29/h2-19,30H,20-23H2,1H3,(H,34,37). The lowest BCUT2D eigenvalue weighted by atomic mass is 10.0. The van der Waals surface area contributed by atoms with Crippen LogP contribution in [0.1, 0.15) is 16.7 Å². The smallest absolute Gasteiger partial charge is 0.261 e. The predicted octanol–water partition coefficient (Wildman–Crippen LogP) is 5.17. The van der Waals surface area contributed by atoms with Crippen molar-refractivity contribution >= 4 is 11.8 Å². The SMILES string of the molecule is COc1ccc(CNC(=O)C(Cc2ccccc2)N(Cc2ccc(F)cc2)C(=O)COc2ccccc2)cc1. The van der Waals surface area contributed by atoms with Crippen LogP contribution in [0.25, 0.3) is 0 Å². The summed E-state index contributed by atoms with van der Waals surface area (Å²) in [5.74, 6) is 0.244. The number of para-hydroxylation sites is 1. The van der Waals surface area contributed by atoms with E-state index in [1.54, 1.807) is 31.4 Å². The maximum Gasteiger partial charge on any atom is 0.261 e. The van der Waals surface area contributed by atoms with Crippen molar-refractivity contribution in [2.24, 2.45) is 0 Å². The molecule has 0 aliphatic heterocycles. The van der Waals surface area contributed by atoms with Crippen molar-refractivity contribution in [1.29, 1.82) is 0 Å². The molecule has 0 aliphatic carbocycles. The van der Waals surface area contributed by atoms with Crippen LogP contribution in [0.5, 0.6) is 11.5 Å². The van der Waals surface area contributed by atoms with Crippen LogP contribution in [-0.2, 0) is 29.1 Å². The molecule has 0 radical (unpaired) electrons. The molecule has 0 aromatic heterocycles. The van der Waals surface area contributed by atoms with Gasteiger partial charge in [0.15, 0.2) is 6.61 Å². The quantitative estimate of drug-likeness (QED) is 0.277. The zero-order chi connectivity index (χ0) is 27.5. The molecule has 7 heteroatoms. The Kier molecular flexibility index (Phi) is 9.67. The highest BCUT2D eigenvalue weighted by Crippen LogP contribution is 2.17. The van der Waals surface area contributed by atoms with Crippen LogP contribution in [0.15, 0.2) is 109 Å². The van der Waals surface area contributed by atoms with Gasteiger partial charge in [-0.15, -0.1) is 0 Å². The van der Waals surface area contributed by atoms with E-state index >= 15 is 0 Å². The maximum absolute atomic E-state index is 13.7. The zero-order valence-corrected chi connectivity index (χ0v) is 21.8. The summed E-state index contributed by atoms with van der Waals surface area (Å²) in [5.41, 5.74) is 2.50. The second-order valence-corrected chi connectivity index (χ2v) is 9.02. The van der Waals surface area contributed by atoms with Gasteiger partial charge in [0.2, 0.25) is 5.91 Å². The number of benzene rings is 4. The topological polar surface area (TPSA) is 67.9 Å². The summed E-state index contributed by atoms with van der Waals surface area (Å²) < 4.78 is 24.6. The average Bonchev–Trinajstić information content (AvgIpc) is 2.98. The molecule has 200 valence electrons. The second-order valence-electron chi connectivity index (χ2n) is 9.02. The van der Waals surface area contributed by atoms with Crippen molar-refractivity contribution in [1.82, 2.24) is 10.2 Å². The molecule has 6 nitrogen and oxygen atoms in total. The van der Waals surface area contributed by atoms with Crippen LogP contribution in [0, 0.1) is 5.82 Å². The first-order valence-corrected chi connectivity index (χ1v) is 12.7. The number of nitrogens with one attached hydrogen (secondary N) is 1. The first kappa shape index (κ1) is 27.4. The largest absolute Gasteiger partial charge is 0.497 e. The molecule has 0 saturated carbocycles. The molecule has 4 aromatic carbocycles. The molecular weight excluding hydrogens is 495 g/mol. The highest BCUT2D eigenvalue weighted by Gasteiger charge is 2.30. The maximum atomic E-state index is 13.7. The normalized spacial score (nSPS) is 11.3. The Bertz CT molecular complexity index is 1330. The van der Waals surface area contributed by atoms with E-state index < -0.39 is 6.04 Å². The Morgan fingerprint density at radius 1 is 0.769 bits per heavy atom. The van der Waals surface area contributed by atoms with Crippen LogP contribution in [-0.4, -0.2) is 36.5 Å². The van der Waals surface area contributed by atoms with Gasteiger partial charge in [-0.05, 0) is 53.1 Å². The van der Waals surface area contributed by atoms with Gasteiger partial charge >= 0.3 is 0 Å². The number of nitrogens with zero attached hydrogens (tertiary/aromatic N) is 1. The molecule has 4 rings (SSSR count). The zero-order valence-electron chi connectivity index (χ0n) is 21.8. The van der Waals surface area contributed by atoms with E-state index in [-0.39, 0.29) is 37.3 Å². The third kappa shape index (κ3) is 8.17. The lowest BCUT2D eigenvalue weighted by molar-refractivity contribution is -0.142. The van der Waals surface area contributed by atoms with Gasteiger partial charge in [-0.3, -0.25) is 9.59 Å². The van der Waals surface area contributed by atoms with Gasteiger partial charge in [0.1, 0.15) is 23.4 Å². The highest BCUT2D eigenvalue weighted by molar-refractivity contribution is 5.88. The monoisotopic (exact) mass is 526 g/mol. The minimum atomic E-state index is -0.831. The van der Waals surface area contributed by atoms with Crippen LogP contribution < -0.4 is 14.8 Å². The molecule has 0 bridgehead atoms. The van der Waals surface area contributed by atoms with Gasteiger partial charge in [0.05, 0.1) is 7.11 Å². The summed E-state index contributed by atoms with van der Waals surface area (Å²) in [5, 5.41) is 2.99. The number of rotatable bonds is 12. The van der Waals surface area contributed by atoms with Crippen LogP contribution in [0.4, 0.5) is 4.39 Å². The number of carbonyl (C=O) groups is 2. The molecule has 0 aliphatic rings. The molecule has 0 saturated heterocycles. The molecule has 2 amide bonds. The van der Waals surface area contributed by atoms with Crippen LogP contribution in [0.2, 0.25) is 0 Å². The summed E-state index contributed by atoms with van der Waals surface area (Å²) in [6.45, 7) is 0.153. The summed E-state index contributed by atoms with van der Waals surface area (Å²) in [6, 6.07) is 31.0. The summed E-state index contributed by atoms with van der Waals surface area (Å²) in [6.07, 6.45) is 0.299. The van der Waals surface area contributed by atoms with E-state index in [1.165, 1.54) is 17.0 Å². The molecule has 0 heterocycles. The molecule has 1 atom stereocenters. The molecule has 0 fully saturated rings. The Morgan fingerprint density at radius 3 is 2.03 bits per heavy atom. The molecular formula is C32H31FN2O4. The van der Waals surface area contributed by atoms with Crippen molar-refractivity contribution in [3.63, 3.8) is 0 Å². The number of carbonyl (C=O) groups excluding carboxylic acids is 2. The number of halogens is 1. The van der Waals surface area contributed by atoms with Gasteiger partial charge in [0, 0.05) is 19.5 Å². The Hall–Kier alpha value is -4.65. The van der Waals surface area contributed by atoms with Crippen molar-refractivity contribution in [3.05, 3.63) is 132 Å². The van der Waals surface area contributed by atoms with Gasteiger partial charge in [-0.2, -0.15) is 0 Å². The van der Waals surface area contributed by atoms with E-state index in [2.05, 4.69) is 5.32 Å². The minimum absolute atomic E-state index is 0.116. The summed E-state index contributed by atoms with van der Waals surface area (Å²) >= 11 is 0. The third-order valence-corrected chi connectivity index (χ3v) is 6.27. The van der Waals surface area contributed by atoms with E-state index in [4.69, 9.17) is 9.47 Å². The average molecular weight is 527 g/mol. The second kappa shape index (κ2) is 13.8. The fourth-order valence-corrected chi connectivity index (χ4v) is 4.14. The van der Waals surface area contributed by atoms with Crippen LogP contribution >= 0.6 is 0 Å². The molecule has 1 N–H and O–H groups in total. The lowest BCUT2D eigenvalue weighted by Gasteiger charge is -2.31. The first-order valence-electron chi connectivity index (χ1n) is 12.7. The Morgan fingerprint density at radius 2 is 1.38 bits per heavy atom. The number of amides is 2. The van der Waals surface area contributed by atoms with Crippen molar-refractivity contribution < 1.29 is 23.5 Å². The predicted molar refractivity (Wildman–Crippen MR) is 148 cm³/mol. The van der Waals surface area contributed by atoms with Crippen LogP contribution in [0.3, 0.4) is 0 Å². The summed E-state index contributed by atoms with van der Waals surface area (Å²) in [4.78, 5) is 28.8. The fraction of sp³-hybridized carbons (Fsp3) is 0.188. The fourth-order valence-electron chi connectivity index (χ4n) is 4.14. The van der Waals surface area contributed by atoms with Crippen molar-refractivity contribution in [3.8, 4) is 11.5 Å². The van der Waals surface area contributed by atoms with Gasteiger partial charge in [0.25, 0.3) is 5.91 Å². The van der Waals surface area contributed by atoms with Crippen molar-refractivity contribution in [2.75, 3.05) is 13.7 Å². The number of hydrogen-bond acceptors (Lipinski definition) is 4. The highest BCUT2D eigenvalue weighted by atomic mass is 19.1. The Labute approximate surface area is 228 Å². The van der Waals surface area contributed by atoms with Gasteiger partial charge in [-0.1, -0.05) is 72.8 Å². The molecule has 1 unspecified atom stereocenters. The van der Waals surface area contributed by atoms with Gasteiger partial charge in [-0.25, -0.2) is 4.39 Å². The van der Waals surface area contributed by atoms with Gasteiger partial charge < -0.3 is 19.7 Å². The first-order chi connectivity index (χ1) is 19.0.